The maximum Gasteiger partial charge on any atom is 0.313 e. The summed E-state index contributed by atoms with van der Waals surface area (Å²) in [6.45, 7) is 0.642. The Bertz CT molecular complexity index is 422. The number of carboxylic acid groups (broad SMARTS) is 1. The lowest BCUT2D eigenvalue weighted by atomic mass is 9.93. The maximum atomic E-state index is 13.4. The van der Waals surface area contributed by atoms with Crippen molar-refractivity contribution in [2.24, 2.45) is 5.92 Å². The fraction of sp³-hybridized carbons (Fsp3) is 0.462. The van der Waals surface area contributed by atoms with Crippen LogP contribution >= 0.6 is 0 Å². The molecule has 0 unspecified atom stereocenters. The Labute approximate surface area is 104 Å². The zero-order valence-electron chi connectivity index (χ0n) is 9.85. The van der Waals surface area contributed by atoms with Crippen LogP contribution in [0.5, 0.6) is 0 Å². The Hall–Kier alpha value is -1.49. The van der Waals surface area contributed by atoms with Crippen molar-refractivity contribution in [2.75, 3.05) is 13.1 Å². The summed E-state index contributed by atoms with van der Waals surface area (Å²) in [7, 11) is 0. The zero-order chi connectivity index (χ0) is 13.2. The first-order chi connectivity index (χ1) is 8.49. The van der Waals surface area contributed by atoms with E-state index in [1.54, 1.807) is 4.90 Å². The van der Waals surface area contributed by atoms with Gasteiger partial charge in [0.05, 0.1) is 0 Å². The van der Waals surface area contributed by atoms with Gasteiger partial charge in [0.15, 0.2) is 0 Å². The molecule has 1 aliphatic heterocycles. The van der Waals surface area contributed by atoms with Gasteiger partial charge in [0.25, 0.3) is 5.92 Å². The molecule has 18 heavy (non-hydrogen) atoms. The van der Waals surface area contributed by atoms with Crippen LogP contribution in [0.25, 0.3) is 0 Å². The van der Waals surface area contributed by atoms with E-state index in [0.29, 0.717) is 6.54 Å². The smallest absolute Gasteiger partial charge is 0.313 e. The van der Waals surface area contributed by atoms with E-state index in [2.05, 4.69) is 0 Å². The van der Waals surface area contributed by atoms with E-state index in [1.807, 2.05) is 30.3 Å². The number of alkyl halides is 2. The van der Waals surface area contributed by atoms with Crippen LogP contribution in [0.1, 0.15) is 12.0 Å². The molecule has 1 N–H and O–H groups in total. The molecular formula is C13H15F2NO2. The molecule has 0 amide bonds. The molecule has 5 heteroatoms. The molecule has 1 fully saturated rings. The normalized spacial score (nSPS) is 23.8. The van der Waals surface area contributed by atoms with Gasteiger partial charge in [-0.25, -0.2) is 8.78 Å². The summed E-state index contributed by atoms with van der Waals surface area (Å²) < 4.78 is 26.8. The highest BCUT2D eigenvalue weighted by Crippen LogP contribution is 2.34. The van der Waals surface area contributed by atoms with Gasteiger partial charge in [0.2, 0.25) is 0 Å². The summed E-state index contributed by atoms with van der Waals surface area (Å²) in [6, 6.07) is 9.45. The summed E-state index contributed by atoms with van der Waals surface area (Å²) >= 11 is 0. The van der Waals surface area contributed by atoms with Crippen molar-refractivity contribution >= 4 is 5.97 Å². The first-order valence-corrected chi connectivity index (χ1v) is 5.86. The molecule has 0 aromatic heterocycles. The molecule has 0 radical (unpaired) electrons. The molecular weight excluding hydrogens is 240 g/mol. The van der Waals surface area contributed by atoms with Gasteiger partial charge in [-0.1, -0.05) is 30.3 Å². The van der Waals surface area contributed by atoms with E-state index in [-0.39, 0.29) is 13.1 Å². The lowest BCUT2D eigenvalue weighted by Gasteiger charge is -2.36. The average molecular weight is 255 g/mol. The predicted octanol–water partition coefficient (Wildman–Crippen LogP) is 2.23. The van der Waals surface area contributed by atoms with Crippen molar-refractivity contribution in [3.05, 3.63) is 35.9 Å². The number of aliphatic carboxylic acids is 1. The molecule has 0 saturated carbocycles. The minimum atomic E-state index is -3.10. The summed E-state index contributed by atoms with van der Waals surface area (Å²) in [5.41, 5.74) is 1.01. The van der Waals surface area contributed by atoms with Crippen LogP contribution in [0.2, 0.25) is 0 Å². The molecule has 2 rings (SSSR count). The van der Waals surface area contributed by atoms with E-state index in [1.165, 1.54) is 0 Å². The topological polar surface area (TPSA) is 40.5 Å². The maximum absolute atomic E-state index is 13.4. The molecule has 0 spiro atoms. The van der Waals surface area contributed by atoms with Gasteiger partial charge >= 0.3 is 5.97 Å². The van der Waals surface area contributed by atoms with Gasteiger partial charge in [0.1, 0.15) is 5.92 Å². The van der Waals surface area contributed by atoms with Gasteiger partial charge in [0, 0.05) is 26.1 Å². The number of benzene rings is 1. The second-order valence-electron chi connectivity index (χ2n) is 4.62. The Morgan fingerprint density at radius 1 is 1.39 bits per heavy atom. The molecule has 1 aromatic rings. The number of piperidine rings is 1. The number of rotatable bonds is 3. The molecule has 1 heterocycles. The first kappa shape index (κ1) is 13.0. The number of hydrogen-bond donors (Lipinski definition) is 1. The summed E-state index contributed by atoms with van der Waals surface area (Å²) in [4.78, 5) is 12.6. The van der Waals surface area contributed by atoms with Crippen LogP contribution in [0.4, 0.5) is 8.78 Å². The van der Waals surface area contributed by atoms with E-state index in [4.69, 9.17) is 5.11 Å². The quantitative estimate of drug-likeness (QED) is 0.900. The largest absolute Gasteiger partial charge is 0.481 e. The first-order valence-electron chi connectivity index (χ1n) is 5.86. The number of likely N-dealkylation sites (tertiary alicyclic amines) is 1. The molecule has 0 aliphatic carbocycles. The van der Waals surface area contributed by atoms with Crippen molar-refractivity contribution in [1.29, 1.82) is 0 Å². The third-order valence-corrected chi connectivity index (χ3v) is 3.26. The second-order valence-corrected chi connectivity index (χ2v) is 4.62. The molecule has 1 atom stereocenters. The van der Waals surface area contributed by atoms with Crippen LogP contribution < -0.4 is 0 Å². The third kappa shape index (κ3) is 2.85. The summed E-state index contributed by atoms with van der Waals surface area (Å²) in [5.74, 6) is -6.12. The molecule has 1 saturated heterocycles. The standard InChI is InChI=1S/C13H15F2NO2/c14-13(15)6-7-16(9-11(13)12(17)18)8-10-4-2-1-3-5-10/h1-5,11H,6-9H2,(H,17,18)/t11-/m1/s1. The Kier molecular flexibility index (Phi) is 3.61. The van der Waals surface area contributed by atoms with Gasteiger partial charge in [-0.05, 0) is 5.56 Å². The lowest BCUT2D eigenvalue weighted by molar-refractivity contribution is -0.167. The molecule has 1 aliphatic rings. The van der Waals surface area contributed by atoms with Crippen LogP contribution in [0, 0.1) is 5.92 Å². The molecule has 98 valence electrons. The van der Waals surface area contributed by atoms with Gasteiger partial charge < -0.3 is 5.11 Å². The van der Waals surface area contributed by atoms with Crippen LogP contribution in [0.3, 0.4) is 0 Å². The molecule has 0 bridgehead atoms. The van der Waals surface area contributed by atoms with Crippen molar-refractivity contribution < 1.29 is 18.7 Å². The summed E-state index contributed by atoms with van der Waals surface area (Å²) in [6.07, 6.45) is -0.392. The van der Waals surface area contributed by atoms with Crippen LogP contribution in [-0.4, -0.2) is 35.0 Å². The van der Waals surface area contributed by atoms with Crippen molar-refractivity contribution in [1.82, 2.24) is 4.90 Å². The second kappa shape index (κ2) is 5.02. The number of nitrogens with zero attached hydrogens (tertiary/aromatic N) is 1. The van der Waals surface area contributed by atoms with Crippen molar-refractivity contribution in [2.45, 2.75) is 18.9 Å². The predicted molar refractivity (Wildman–Crippen MR) is 62.4 cm³/mol. The SMILES string of the molecule is O=C(O)[C@H]1CN(Cc2ccccc2)CCC1(F)F. The van der Waals surface area contributed by atoms with Crippen molar-refractivity contribution in [3.63, 3.8) is 0 Å². The number of hydrogen-bond acceptors (Lipinski definition) is 2. The highest BCUT2D eigenvalue weighted by molar-refractivity contribution is 5.71. The lowest BCUT2D eigenvalue weighted by Crippen LogP contribution is -2.49. The van der Waals surface area contributed by atoms with Gasteiger partial charge in [-0.2, -0.15) is 0 Å². The molecule has 1 aromatic carbocycles. The minimum Gasteiger partial charge on any atom is -0.481 e. The fourth-order valence-corrected chi connectivity index (χ4v) is 2.21. The van der Waals surface area contributed by atoms with Gasteiger partial charge in [-0.15, -0.1) is 0 Å². The van der Waals surface area contributed by atoms with Crippen molar-refractivity contribution in [3.8, 4) is 0 Å². The highest BCUT2D eigenvalue weighted by atomic mass is 19.3. The number of halogens is 2. The van der Waals surface area contributed by atoms with Gasteiger partial charge in [-0.3, -0.25) is 9.69 Å². The Morgan fingerprint density at radius 3 is 2.67 bits per heavy atom. The minimum absolute atomic E-state index is 0.1000. The van der Waals surface area contributed by atoms with E-state index >= 15 is 0 Å². The fourth-order valence-electron chi connectivity index (χ4n) is 2.21. The number of carbonyl (C=O) groups is 1. The monoisotopic (exact) mass is 255 g/mol. The zero-order valence-corrected chi connectivity index (χ0v) is 9.85. The average Bonchev–Trinajstić information content (AvgIpc) is 2.32. The van der Waals surface area contributed by atoms with E-state index < -0.39 is 24.2 Å². The highest BCUT2D eigenvalue weighted by Gasteiger charge is 2.48. The molecule has 3 nitrogen and oxygen atoms in total. The summed E-state index contributed by atoms with van der Waals surface area (Å²) in [5, 5.41) is 8.85. The van der Waals surface area contributed by atoms with Crippen LogP contribution in [0.15, 0.2) is 30.3 Å². The third-order valence-electron chi connectivity index (χ3n) is 3.26. The van der Waals surface area contributed by atoms with E-state index in [9.17, 15) is 13.6 Å². The van der Waals surface area contributed by atoms with Crippen LogP contribution in [-0.2, 0) is 11.3 Å². The Balaban J connectivity index is 2.03. The van der Waals surface area contributed by atoms with E-state index in [0.717, 1.165) is 5.56 Å². The Morgan fingerprint density at radius 2 is 2.06 bits per heavy atom. The number of carboxylic acids is 1.